The van der Waals surface area contributed by atoms with Crippen molar-refractivity contribution in [2.45, 2.75) is 43.4 Å². The number of nitrogens with zero attached hydrogens (tertiary/aromatic N) is 1. The molecule has 238 valence electrons. The monoisotopic (exact) mass is 640 g/mol. The molecule has 7 aromatic carbocycles. The number of benzene rings is 7. The first-order valence-electron chi connectivity index (χ1n) is 18.5. The molecule has 4 aliphatic rings. The van der Waals surface area contributed by atoms with Gasteiger partial charge in [0.05, 0.1) is 5.41 Å². The summed E-state index contributed by atoms with van der Waals surface area (Å²) >= 11 is 0. The Kier molecular flexibility index (Phi) is 5.42. The first kappa shape index (κ1) is 27.2. The molecule has 7 aromatic rings. The van der Waals surface area contributed by atoms with Gasteiger partial charge in [-0.1, -0.05) is 141 Å². The molecule has 1 nitrogen and oxygen atoms in total. The van der Waals surface area contributed by atoms with E-state index in [1.807, 2.05) is 0 Å². The van der Waals surface area contributed by atoms with E-state index in [0.29, 0.717) is 0 Å². The summed E-state index contributed by atoms with van der Waals surface area (Å²) in [5.41, 5.74) is 19.8. The Morgan fingerprint density at radius 3 is 1.44 bits per heavy atom. The molecule has 0 aliphatic heterocycles. The first-order chi connectivity index (χ1) is 24.9. The quantitative estimate of drug-likeness (QED) is 0.185. The molecule has 0 bridgehead atoms. The van der Waals surface area contributed by atoms with Crippen molar-refractivity contribution in [3.8, 4) is 33.4 Å². The highest BCUT2D eigenvalue weighted by molar-refractivity contribution is 5.96. The molecule has 0 heterocycles. The van der Waals surface area contributed by atoms with Gasteiger partial charge in [0.1, 0.15) is 0 Å². The second-order valence-electron chi connectivity index (χ2n) is 15.0. The van der Waals surface area contributed by atoms with E-state index in [9.17, 15) is 1.37 Å². The molecule has 0 amide bonds. The van der Waals surface area contributed by atoms with Gasteiger partial charge in [0, 0.05) is 23.8 Å². The fourth-order valence-corrected chi connectivity index (χ4v) is 9.78. The molecule has 0 unspecified atom stereocenters. The van der Waals surface area contributed by atoms with Crippen LogP contribution < -0.4 is 4.90 Å². The lowest BCUT2D eigenvalue weighted by Crippen LogP contribution is -2.26. The number of fused-ring (bicyclic) bond motifs is 13. The highest BCUT2D eigenvalue weighted by atomic mass is 15.1. The van der Waals surface area contributed by atoms with Crippen molar-refractivity contribution in [3.63, 3.8) is 0 Å². The Morgan fingerprint density at radius 2 is 0.880 bits per heavy atom. The van der Waals surface area contributed by atoms with E-state index in [0.717, 1.165) is 35.5 Å². The lowest BCUT2D eigenvalue weighted by molar-refractivity contribution is 0.660. The maximum Gasteiger partial charge on any atom is 0.0726 e. The minimum absolute atomic E-state index is 0.124. The van der Waals surface area contributed by atoms with Crippen molar-refractivity contribution in [2.75, 3.05) is 4.90 Å². The summed E-state index contributed by atoms with van der Waals surface area (Å²) in [5, 5.41) is 0. The minimum atomic E-state index is -0.557. The number of hydrogen-bond acceptors (Lipinski definition) is 1. The summed E-state index contributed by atoms with van der Waals surface area (Å²) in [5.74, 6) is -0.557. The van der Waals surface area contributed by atoms with E-state index in [-0.39, 0.29) is 5.41 Å². The van der Waals surface area contributed by atoms with Crippen LogP contribution in [0.25, 0.3) is 33.4 Å². The molecule has 1 saturated carbocycles. The molecule has 1 heteroatoms. The Bertz CT molecular complexity index is 2540. The number of anilines is 3. The van der Waals surface area contributed by atoms with Crippen LogP contribution in [0.4, 0.5) is 17.1 Å². The zero-order valence-electron chi connectivity index (χ0n) is 29.4. The van der Waals surface area contributed by atoms with E-state index in [2.05, 4.69) is 176 Å². The fraction of sp³-hybridized carbons (Fsp3) is 0.143. The van der Waals surface area contributed by atoms with Gasteiger partial charge in [0.25, 0.3) is 0 Å². The highest BCUT2D eigenvalue weighted by Gasteiger charge is 2.51. The molecular formula is C49H37N. The van der Waals surface area contributed by atoms with Crippen LogP contribution in [0.5, 0.6) is 0 Å². The van der Waals surface area contributed by atoms with Crippen LogP contribution in [0.1, 0.15) is 72.9 Å². The summed E-state index contributed by atoms with van der Waals surface area (Å²) in [7, 11) is 0. The van der Waals surface area contributed by atoms with E-state index in [1.54, 1.807) is 0 Å². The van der Waals surface area contributed by atoms with Gasteiger partial charge in [-0.05, 0) is 121 Å². The van der Waals surface area contributed by atoms with Gasteiger partial charge in [-0.25, -0.2) is 0 Å². The number of para-hydroxylation sites is 1. The third-order valence-electron chi connectivity index (χ3n) is 12.1. The zero-order chi connectivity index (χ0) is 34.1. The van der Waals surface area contributed by atoms with Gasteiger partial charge in [-0.3, -0.25) is 0 Å². The van der Waals surface area contributed by atoms with Crippen LogP contribution in [0, 0.1) is 0 Å². The van der Waals surface area contributed by atoms with Crippen molar-refractivity contribution in [2.24, 2.45) is 0 Å². The fourth-order valence-electron chi connectivity index (χ4n) is 9.78. The average Bonchev–Trinajstić information content (AvgIpc) is 3.69. The summed E-state index contributed by atoms with van der Waals surface area (Å²) < 4.78 is 9.39. The second-order valence-corrected chi connectivity index (χ2v) is 15.0. The number of hydrogen-bond donors (Lipinski definition) is 0. The van der Waals surface area contributed by atoms with Crippen LogP contribution in [0.15, 0.2) is 158 Å². The van der Waals surface area contributed by atoms with E-state index in [1.165, 1.54) is 66.8 Å². The summed E-state index contributed by atoms with van der Waals surface area (Å²) in [6.07, 6.45) is 1.78. The van der Waals surface area contributed by atoms with Crippen LogP contribution in [0.3, 0.4) is 0 Å². The summed E-state index contributed by atoms with van der Waals surface area (Å²) in [6.45, 7) is 4.71. The molecular weight excluding hydrogens is 603 g/mol. The van der Waals surface area contributed by atoms with Gasteiger partial charge >= 0.3 is 0 Å². The van der Waals surface area contributed by atoms with Gasteiger partial charge in [0.2, 0.25) is 0 Å². The Labute approximate surface area is 295 Å². The van der Waals surface area contributed by atoms with Crippen molar-refractivity contribution in [1.82, 2.24) is 0 Å². The van der Waals surface area contributed by atoms with E-state index >= 15 is 0 Å². The van der Waals surface area contributed by atoms with Crippen molar-refractivity contribution in [1.29, 1.82) is 0 Å². The lowest BCUT2D eigenvalue weighted by atomic mass is 9.70. The maximum absolute atomic E-state index is 9.39. The third-order valence-corrected chi connectivity index (χ3v) is 12.1. The topological polar surface area (TPSA) is 3.24 Å². The molecule has 0 aromatic heterocycles. The minimum Gasteiger partial charge on any atom is -0.310 e. The zero-order valence-corrected chi connectivity index (χ0v) is 28.4. The van der Waals surface area contributed by atoms with Crippen molar-refractivity contribution in [3.05, 3.63) is 197 Å². The van der Waals surface area contributed by atoms with E-state index in [4.69, 9.17) is 0 Å². The predicted octanol–water partition coefficient (Wildman–Crippen LogP) is 12.7. The molecule has 1 spiro atoms. The lowest BCUT2D eigenvalue weighted by Gasteiger charge is -2.33. The Balaban J connectivity index is 1.19. The smallest absolute Gasteiger partial charge is 0.0726 e. The molecule has 0 atom stereocenters. The molecule has 1 fully saturated rings. The molecule has 0 N–H and O–H groups in total. The van der Waals surface area contributed by atoms with Gasteiger partial charge in [-0.15, -0.1) is 0 Å². The molecule has 11 rings (SSSR count). The SMILES string of the molecule is [2H]C1(c2ccccc2N(c2ccc3c(c2)C(C)(C)c2ccccc2-3)c2ccc3c(c2)C2(c4ccccc4-c4ccccc42)c2ccccc2-3)CC1. The Hall–Kier alpha value is -5.66. The van der Waals surface area contributed by atoms with Crippen LogP contribution >= 0.6 is 0 Å². The van der Waals surface area contributed by atoms with Crippen LogP contribution in [-0.2, 0) is 10.8 Å². The van der Waals surface area contributed by atoms with Crippen molar-refractivity contribution >= 4 is 17.1 Å². The Morgan fingerprint density at radius 1 is 0.460 bits per heavy atom. The standard InChI is InChI=1S/C49H37N/c1-48(2)41-18-8-3-14-35(41)39-27-25-32(29-45(39)48)50(47-22-12-7-13-34(47)31-23-24-31)33-26-28-40-38-17-6-11-21-44(38)49(46(40)30-33)42-19-9-4-15-36(42)37-16-5-10-20-43(37)49/h3-22,25-31H,23-24H2,1-2H3/i31D. The summed E-state index contributed by atoms with van der Waals surface area (Å²) in [4.78, 5) is 2.45. The van der Waals surface area contributed by atoms with Crippen LogP contribution in [-0.4, -0.2) is 0 Å². The second kappa shape index (κ2) is 9.96. The molecule has 0 saturated heterocycles. The first-order valence-corrected chi connectivity index (χ1v) is 18.0. The third kappa shape index (κ3) is 3.57. The summed E-state index contributed by atoms with van der Waals surface area (Å²) in [6, 6.07) is 58.8. The largest absolute Gasteiger partial charge is 0.310 e. The molecule has 0 radical (unpaired) electrons. The van der Waals surface area contributed by atoms with Crippen LogP contribution in [0.2, 0.25) is 0 Å². The number of rotatable bonds is 4. The molecule has 4 aliphatic carbocycles. The predicted molar refractivity (Wildman–Crippen MR) is 207 cm³/mol. The van der Waals surface area contributed by atoms with E-state index < -0.39 is 11.3 Å². The van der Waals surface area contributed by atoms with Gasteiger partial charge in [-0.2, -0.15) is 0 Å². The van der Waals surface area contributed by atoms with Gasteiger partial charge in [0.15, 0.2) is 0 Å². The van der Waals surface area contributed by atoms with Gasteiger partial charge < -0.3 is 4.90 Å². The molecule has 50 heavy (non-hydrogen) atoms. The highest BCUT2D eigenvalue weighted by Crippen LogP contribution is 2.63. The average molecular weight is 641 g/mol. The normalized spacial score (nSPS) is 17.2. The maximum atomic E-state index is 9.39. The van der Waals surface area contributed by atoms with Crippen molar-refractivity contribution < 1.29 is 1.37 Å².